The topological polar surface area (TPSA) is 107 Å². The SMILES string of the molecule is CCCC[C@H](N)C(=O)Nc1ccccc1OCCC(N)=O. The normalized spacial score (nSPS) is 11.7. The third kappa shape index (κ3) is 6.27. The van der Waals surface area contributed by atoms with Crippen LogP contribution >= 0.6 is 0 Å². The Balaban J connectivity index is 2.61. The minimum atomic E-state index is -0.538. The highest BCUT2D eigenvalue weighted by Gasteiger charge is 2.14. The van der Waals surface area contributed by atoms with Crippen molar-refractivity contribution in [3.05, 3.63) is 24.3 Å². The first-order chi connectivity index (χ1) is 10.0. The van der Waals surface area contributed by atoms with E-state index >= 15 is 0 Å². The third-order valence-corrected chi connectivity index (χ3v) is 2.96. The summed E-state index contributed by atoms with van der Waals surface area (Å²) in [5.41, 5.74) is 11.4. The van der Waals surface area contributed by atoms with E-state index in [2.05, 4.69) is 5.32 Å². The number of benzene rings is 1. The quantitative estimate of drug-likeness (QED) is 0.639. The van der Waals surface area contributed by atoms with Crippen molar-refractivity contribution in [2.24, 2.45) is 11.5 Å². The Labute approximate surface area is 124 Å². The van der Waals surface area contributed by atoms with Gasteiger partial charge in [0.2, 0.25) is 11.8 Å². The molecule has 116 valence electrons. The summed E-state index contributed by atoms with van der Waals surface area (Å²) in [4.78, 5) is 22.7. The number of hydrogen-bond acceptors (Lipinski definition) is 4. The molecule has 1 aromatic carbocycles. The lowest BCUT2D eigenvalue weighted by Crippen LogP contribution is -2.35. The van der Waals surface area contributed by atoms with E-state index in [9.17, 15) is 9.59 Å². The molecule has 0 unspecified atom stereocenters. The van der Waals surface area contributed by atoms with E-state index in [0.29, 0.717) is 17.9 Å². The maximum Gasteiger partial charge on any atom is 0.241 e. The standard InChI is InChI=1S/C15H23N3O3/c1-2-3-6-11(16)15(20)18-12-7-4-5-8-13(12)21-10-9-14(17)19/h4-5,7-8,11H,2-3,6,9-10,16H2,1H3,(H2,17,19)(H,18,20)/t11-/m0/s1. The van der Waals surface area contributed by atoms with E-state index in [0.717, 1.165) is 12.8 Å². The molecule has 1 aromatic rings. The number of carbonyl (C=O) groups is 2. The van der Waals surface area contributed by atoms with Crippen LogP contribution in [-0.4, -0.2) is 24.5 Å². The van der Waals surface area contributed by atoms with Crippen molar-refractivity contribution in [1.29, 1.82) is 0 Å². The van der Waals surface area contributed by atoms with E-state index in [1.54, 1.807) is 24.3 Å². The van der Waals surface area contributed by atoms with Crippen LogP contribution in [0.3, 0.4) is 0 Å². The molecular formula is C15H23N3O3. The van der Waals surface area contributed by atoms with Gasteiger partial charge < -0.3 is 21.5 Å². The maximum atomic E-state index is 12.0. The summed E-state index contributed by atoms with van der Waals surface area (Å²) in [6.45, 7) is 2.22. The van der Waals surface area contributed by atoms with E-state index in [1.165, 1.54) is 0 Å². The summed E-state index contributed by atoms with van der Waals surface area (Å²) in [5, 5.41) is 2.75. The van der Waals surface area contributed by atoms with Crippen LogP contribution in [0.2, 0.25) is 0 Å². The minimum Gasteiger partial charge on any atom is -0.491 e. The molecule has 0 aromatic heterocycles. The van der Waals surface area contributed by atoms with Crippen molar-refractivity contribution in [2.75, 3.05) is 11.9 Å². The number of carbonyl (C=O) groups excluding carboxylic acids is 2. The Morgan fingerprint density at radius 2 is 2.05 bits per heavy atom. The lowest BCUT2D eigenvalue weighted by Gasteiger charge is -2.15. The number of anilines is 1. The summed E-state index contributed by atoms with van der Waals surface area (Å²) in [6, 6.07) is 6.47. The van der Waals surface area contributed by atoms with Crippen LogP contribution in [0, 0.1) is 0 Å². The molecule has 0 saturated carbocycles. The first kappa shape index (κ1) is 17.0. The molecule has 0 aliphatic heterocycles. The summed E-state index contributed by atoms with van der Waals surface area (Å²) in [6.07, 6.45) is 2.67. The van der Waals surface area contributed by atoms with Crippen LogP contribution in [0.1, 0.15) is 32.6 Å². The van der Waals surface area contributed by atoms with Gasteiger partial charge in [-0.05, 0) is 18.6 Å². The van der Waals surface area contributed by atoms with Crippen molar-refractivity contribution in [3.8, 4) is 5.75 Å². The molecule has 0 fully saturated rings. The summed E-state index contributed by atoms with van der Waals surface area (Å²) < 4.78 is 5.45. The highest BCUT2D eigenvalue weighted by atomic mass is 16.5. The number of primary amides is 1. The number of unbranched alkanes of at least 4 members (excludes halogenated alkanes) is 1. The molecule has 6 heteroatoms. The van der Waals surface area contributed by atoms with E-state index < -0.39 is 11.9 Å². The van der Waals surface area contributed by atoms with Gasteiger partial charge in [-0.2, -0.15) is 0 Å². The van der Waals surface area contributed by atoms with E-state index in [1.807, 2.05) is 6.92 Å². The Bertz CT molecular complexity index is 477. The minimum absolute atomic E-state index is 0.123. The molecule has 0 radical (unpaired) electrons. The van der Waals surface area contributed by atoms with Crippen molar-refractivity contribution in [2.45, 2.75) is 38.6 Å². The molecule has 5 N–H and O–H groups in total. The predicted octanol–water partition coefficient (Wildman–Crippen LogP) is 1.40. The highest BCUT2D eigenvalue weighted by Crippen LogP contribution is 2.24. The van der Waals surface area contributed by atoms with Gasteiger partial charge in [0.05, 0.1) is 24.8 Å². The third-order valence-electron chi connectivity index (χ3n) is 2.96. The number of ether oxygens (including phenoxy) is 1. The highest BCUT2D eigenvalue weighted by molar-refractivity contribution is 5.95. The Kier molecular flexibility index (Phi) is 7.25. The molecule has 2 amide bonds. The first-order valence-corrected chi connectivity index (χ1v) is 7.11. The maximum absolute atomic E-state index is 12.0. The van der Waals surface area contributed by atoms with Crippen LogP contribution in [0.5, 0.6) is 5.75 Å². The molecule has 0 aliphatic carbocycles. The average Bonchev–Trinajstić information content (AvgIpc) is 2.46. The van der Waals surface area contributed by atoms with Crippen LogP contribution in [0.15, 0.2) is 24.3 Å². The zero-order valence-corrected chi connectivity index (χ0v) is 12.3. The molecule has 0 heterocycles. The molecule has 0 saturated heterocycles. The monoisotopic (exact) mass is 293 g/mol. The second-order valence-corrected chi connectivity index (χ2v) is 4.80. The van der Waals surface area contributed by atoms with Crippen molar-refractivity contribution in [1.82, 2.24) is 0 Å². The Hall–Kier alpha value is -2.08. The van der Waals surface area contributed by atoms with Gasteiger partial charge in [-0.3, -0.25) is 9.59 Å². The fourth-order valence-electron chi connectivity index (χ4n) is 1.74. The second-order valence-electron chi connectivity index (χ2n) is 4.80. The fourth-order valence-corrected chi connectivity index (χ4v) is 1.74. The number of para-hydroxylation sites is 2. The van der Waals surface area contributed by atoms with Gasteiger partial charge in [0.1, 0.15) is 5.75 Å². The van der Waals surface area contributed by atoms with Gasteiger partial charge in [0, 0.05) is 0 Å². The largest absolute Gasteiger partial charge is 0.491 e. The van der Waals surface area contributed by atoms with E-state index in [-0.39, 0.29) is 18.9 Å². The molecule has 0 aliphatic rings. The number of nitrogens with two attached hydrogens (primary N) is 2. The van der Waals surface area contributed by atoms with Crippen molar-refractivity contribution in [3.63, 3.8) is 0 Å². The van der Waals surface area contributed by atoms with Crippen molar-refractivity contribution >= 4 is 17.5 Å². The molecule has 21 heavy (non-hydrogen) atoms. The Morgan fingerprint density at radius 3 is 2.71 bits per heavy atom. The first-order valence-electron chi connectivity index (χ1n) is 7.11. The van der Waals surface area contributed by atoms with Crippen LogP contribution < -0.4 is 21.5 Å². The summed E-state index contributed by atoms with van der Waals surface area (Å²) in [5.74, 6) is -0.178. The molecule has 1 atom stereocenters. The van der Waals surface area contributed by atoms with Gasteiger partial charge in [0.15, 0.2) is 0 Å². The second kappa shape index (κ2) is 8.97. The average molecular weight is 293 g/mol. The van der Waals surface area contributed by atoms with Crippen LogP contribution in [0.25, 0.3) is 0 Å². The van der Waals surface area contributed by atoms with Crippen LogP contribution in [0.4, 0.5) is 5.69 Å². The predicted molar refractivity (Wildman–Crippen MR) is 81.9 cm³/mol. The zero-order chi connectivity index (χ0) is 15.7. The van der Waals surface area contributed by atoms with E-state index in [4.69, 9.17) is 16.2 Å². The van der Waals surface area contributed by atoms with Gasteiger partial charge in [-0.25, -0.2) is 0 Å². The molecule has 6 nitrogen and oxygen atoms in total. The molecular weight excluding hydrogens is 270 g/mol. The van der Waals surface area contributed by atoms with Gasteiger partial charge >= 0.3 is 0 Å². The Morgan fingerprint density at radius 1 is 1.33 bits per heavy atom. The number of hydrogen-bond donors (Lipinski definition) is 3. The number of rotatable bonds is 9. The van der Waals surface area contributed by atoms with Gasteiger partial charge in [-0.1, -0.05) is 31.9 Å². The smallest absolute Gasteiger partial charge is 0.241 e. The zero-order valence-electron chi connectivity index (χ0n) is 12.3. The summed E-state index contributed by atoms with van der Waals surface area (Å²) in [7, 11) is 0. The number of amides is 2. The fraction of sp³-hybridized carbons (Fsp3) is 0.467. The lowest BCUT2D eigenvalue weighted by molar-refractivity contribution is -0.119. The molecule has 1 rings (SSSR count). The molecule has 0 spiro atoms. The van der Waals surface area contributed by atoms with Gasteiger partial charge in [0.25, 0.3) is 0 Å². The number of nitrogens with one attached hydrogen (secondary N) is 1. The van der Waals surface area contributed by atoms with Crippen molar-refractivity contribution < 1.29 is 14.3 Å². The summed E-state index contributed by atoms with van der Waals surface area (Å²) >= 11 is 0. The molecule has 0 bridgehead atoms. The lowest BCUT2D eigenvalue weighted by atomic mass is 10.1. The van der Waals surface area contributed by atoms with Crippen LogP contribution in [-0.2, 0) is 9.59 Å². The van der Waals surface area contributed by atoms with Gasteiger partial charge in [-0.15, -0.1) is 0 Å².